The molecule has 0 atom stereocenters. The van der Waals surface area contributed by atoms with Gasteiger partial charge in [0.1, 0.15) is 0 Å². The lowest BCUT2D eigenvalue weighted by Crippen LogP contribution is -1.89. The zero-order valence-corrected chi connectivity index (χ0v) is 20.6. The van der Waals surface area contributed by atoms with Crippen molar-refractivity contribution in [2.24, 2.45) is 0 Å². The summed E-state index contributed by atoms with van der Waals surface area (Å²) in [5.41, 5.74) is 5.06. The van der Waals surface area contributed by atoms with Gasteiger partial charge in [-0.25, -0.2) is 0 Å². The molecule has 0 aromatic heterocycles. The second kappa shape index (κ2) is 8.08. The van der Waals surface area contributed by atoms with E-state index < -0.39 is 0 Å². The van der Waals surface area contributed by atoms with Crippen molar-refractivity contribution in [3.05, 3.63) is 132 Å². The molecule has 7 aromatic rings. The minimum absolute atomic E-state index is 1.16. The molecule has 0 bridgehead atoms. The van der Waals surface area contributed by atoms with Crippen LogP contribution in [-0.2, 0) is 0 Å². The zero-order valence-electron chi connectivity index (χ0n) is 19.0. The SMILES string of the molecule is Brc1c2ccccc2c(-c2cccc(-c3c4ccccc4cc4ccccc34)c2)c2ccccc12. The average molecular weight is 509 g/mol. The normalized spacial score (nSPS) is 11.6. The van der Waals surface area contributed by atoms with Gasteiger partial charge >= 0.3 is 0 Å². The van der Waals surface area contributed by atoms with Gasteiger partial charge in [-0.15, -0.1) is 0 Å². The van der Waals surface area contributed by atoms with Crippen molar-refractivity contribution in [2.75, 3.05) is 0 Å². The molecule has 0 fully saturated rings. The van der Waals surface area contributed by atoms with Gasteiger partial charge in [0.05, 0.1) is 0 Å². The molecule has 0 nitrogen and oxygen atoms in total. The molecule has 7 rings (SSSR count). The fourth-order valence-electron chi connectivity index (χ4n) is 5.54. The van der Waals surface area contributed by atoms with E-state index in [1.54, 1.807) is 0 Å². The summed E-state index contributed by atoms with van der Waals surface area (Å²) < 4.78 is 1.16. The Kier molecular flexibility index (Phi) is 4.72. The van der Waals surface area contributed by atoms with Crippen molar-refractivity contribution in [2.45, 2.75) is 0 Å². The third kappa shape index (κ3) is 3.20. The van der Waals surface area contributed by atoms with Crippen LogP contribution in [0.5, 0.6) is 0 Å². The van der Waals surface area contributed by atoms with Crippen molar-refractivity contribution >= 4 is 59.0 Å². The lowest BCUT2D eigenvalue weighted by atomic mass is 9.88. The molecule has 0 aliphatic rings. The van der Waals surface area contributed by atoms with Crippen LogP contribution in [0.25, 0.3) is 65.3 Å². The van der Waals surface area contributed by atoms with E-state index in [2.05, 4.69) is 143 Å². The first-order valence-electron chi connectivity index (χ1n) is 11.9. The monoisotopic (exact) mass is 508 g/mol. The minimum Gasteiger partial charge on any atom is -0.0616 e. The molecule has 0 unspecified atom stereocenters. The summed E-state index contributed by atoms with van der Waals surface area (Å²) in [4.78, 5) is 0. The number of benzene rings is 7. The molecule has 0 heterocycles. The Morgan fingerprint density at radius 2 is 0.743 bits per heavy atom. The van der Waals surface area contributed by atoms with E-state index in [0.717, 1.165) is 4.47 Å². The topological polar surface area (TPSA) is 0 Å². The van der Waals surface area contributed by atoms with Crippen molar-refractivity contribution in [3.8, 4) is 22.3 Å². The van der Waals surface area contributed by atoms with Crippen molar-refractivity contribution < 1.29 is 0 Å². The highest BCUT2D eigenvalue weighted by Gasteiger charge is 2.15. The van der Waals surface area contributed by atoms with Crippen LogP contribution in [-0.4, -0.2) is 0 Å². The first-order valence-corrected chi connectivity index (χ1v) is 12.7. The summed E-state index contributed by atoms with van der Waals surface area (Å²) in [6, 6.07) is 46.2. The molecule has 7 aromatic carbocycles. The Balaban J connectivity index is 1.58. The van der Waals surface area contributed by atoms with E-state index in [1.807, 2.05) is 0 Å². The van der Waals surface area contributed by atoms with Crippen LogP contribution in [0, 0.1) is 0 Å². The fourth-order valence-corrected chi connectivity index (χ4v) is 6.23. The van der Waals surface area contributed by atoms with Crippen LogP contribution in [0.2, 0.25) is 0 Å². The van der Waals surface area contributed by atoms with Crippen LogP contribution in [0.4, 0.5) is 0 Å². The number of rotatable bonds is 2. The molecule has 0 spiro atoms. The maximum Gasteiger partial charge on any atom is 0.0332 e. The Bertz CT molecular complexity index is 1800. The molecule has 35 heavy (non-hydrogen) atoms. The Morgan fingerprint density at radius 3 is 1.26 bits per heavy atom. The molecular formula is C34H21Br. The van der Waals surface area contributed by atoms with E-state index in [0.29, 0.717) is 0 Å². The van der Waals surface area contributed by atoms with E-state index in [1.165, 1.54) is 65.3 Å². The van der Waals surface area contributed by atoms with E-state index in [4.69, 9.17) is 0 Å². The predicted molar refractivity (Wildman–Crippen MR) is 155 cm³/mol. The summed E-state index contributed by atoms with van der Waals surface area (Å²) in [5.74, 6) is 0. The van der Waals surface area contributed by atoms with Crippen LogP contribution < -0.4 is 0 Å². The zero-order chi connectivity index (χ0) is 23.4. The third-order valence-electron chi connectivity index (χ3n) is 7.08. The summed E-state index contributed by atoms with van der Waals surface area (Å²) in [6.45, 7) is 0. The van der Waals surface area contributed by atoms with Gasteiger partial charge in [0, 0.05) is 4.47 Å². The van der Waals surface area contributed by atoms with E-state index in [-0.39, 0.29) is 0 Å². The maximum atomic E-state index is 3.89. The Labute approximate surface area is 212 Å². The van der Waals surface area contributed by atoms with Crippen LogP contribution in [0.3, 0.4) is 0 Å². The summed E-state index contributed by atoms with van der Waals surface area (Å²) in [6.07, 6.45) is 0. The number of halogens is 1. The first-order chi connectivity index (χ1) is 17.3. The summed E-state index contributed by atoms with van der Waals surface area (Å²) in [5, 5.41) is 10.1. The van der Waals surface area contributed by atoms with E-state index in [9.17, 15) is 0 Å². The highest BCUT2D eigenvalue weighted by Crippen LogP contribution is 2.43. The van der Waals surface area contributed by atoms with Crippen LogP contribution in [0.15, 0.2) is 132 Å². The molecule has 0 aliphatic heterocycles. The largest absolute Gasteiger partial charge is 0.0616 e. The second-order valence-electron chi connectivity index (χ2n) is 9.05. The molecular weight excluding hydrogens is 488 g/mol. The van der Waals surface area contributed by atoms with Gasteiger partial charge in [0.25, 0.3) is 0 Å². The maximum absolute atomic E-state index is 3.89. The minimum atomic E-state index is 1.16. The van der Waals surface area contributed by atoms with Gasteiger partial charge in [-0.05, 0) is 93.4 Å². The third-order valence-corrected chi connectivity index (χ3v) is 7.93. The highest BCUT2D eigenvalue weighted by molar-refractivity contribution is 9.10. The standard InChI is InChI=1S/C34H21Br/c35-34-30-18-7-5-16-28(30)33(29-17-6-8-19-31(29)34)25-13-9-12-24(21-25)32-26-14-3-1-10-22(26)20-23-11-2-4-15-27(23)32/h1-21H. The van der Waals surface area contributed by atoms with Crippen molar-refractivity contribution in [3.63, 3.8) is 0 Å². The van der Waals surface area contributed by atoms with Gasteiger partial charge in [0.15, 0.2) is 0 Å². The Hall–Kier alpha value is -3.94. The van der Waals surface area contributed by atoms with Crippen molar-refractivity contribution in [1.29, 1.82) is 0 Å². The quantitative estimate of drug-likeness (QED) is 0.203. The predicted octanol–water partition coefficient (Wildman–Crippen LogP) is 10.4. The molecule has 0 saturated carbocycles. The molecule has 0 aliphatic carbocycles. The number of fused-ring (bicyclic) bond motifs is 4. The summed E-state index contributed by atoms with van der Waals surface area (Å²) in [7, 11) is 0. The lowest BCUT2D eigenvalue weighted by molar-refractivity contribution is 1.65. The van der Waals surface area contributed by atoms with Crippen LogP contribution in [0.1, 0.15) is 0 Å². The fraction of sp³-hybridized carbons (Fsp3) is 0. The van der Waals surface area contributed by atoms with Gasteiger partial charge in [-0.3, -0.25) is 0 Å². The molecule has 164 valence electrons. The van der Waals surface area contributed by atoms with Gasteiger partial charge in [-0.2, -0.15) is 0 Å². The number of hydrogen-bond donors (Lipinski definition) is 0. The van der Waals surface area contributed by atoms with Gasteiger partial charge in [-0.1, -0.05) is 115 Å². The molecule has 0 N–H and O–H groups in total. The molecule has 0 amide bonds. The van der Waals surface area contributed by atoms with Crippen molar-refractivity contribution in [1.82, 2.24) is 0 Å². The van der Waals surface area contributed by atoms with Crippen LogP contribution >= 0.6 is 15.9 Å². The Morgan fingerprint density at radius 1 is 0.343 bits per heavy atom. The lowest BCUT2D eigenvalue weighted by Gasteiger charge is -2.16. The molecule has 0 radical (unpaired) electrons. The molecule has 1 heteroatoms. The summed E-state index contributed by atoms with van der Waals surface area (Å²) >= 11 is 3.89. The second-order valence-corrected chi connectivity index (χ2v) is 9.85. The smallest absolute Gasteiger partial charge is 0.0332 e. The van der Waals surface area contributed by atoms with Gasteiger partial charge in [0.2, 0.25) is 0 Å². The van der Waals surface area contributed by atoms with E-state index >= 15 is 0 Å². The first kappa shape index (κ1) is 20.4. The highest BCUT2D eigenvalue weighted by atomic mass is 79.9. The number of hydrogen-bond acceptors (Lipinski definition) is 0. The molecule has 0 saturated heterocycles. The average Bonchev–Trinajstić information content (AvgIpc) is 2.92. The van der Waals surface area contributed by atoms with Gasteiger partial charge < -0.3 is 0 Å².